The first-order valence-electron chi connectivity index (χ1n) is 9.03. The van der Waals surface area contributed by atoms with Gasteiger partial charge in [-0.05, 0) is 44.5 Å². The van der Waals surface area contributed by atoms with Crippen molar-refractivity contribution in [3.05, 3.63) is 86.9 Å². The molecule has 8 heteroatoms. The number of nitro benzene ring substituents is 1. The standard InChI is InChI=1S/C21H21N5O3/c1-14-8-9-22-20(10-14)25-15(2)11-18(16(25)3)13-23-24-21(27)12-17-6-4-5-7-19(17)26(28)29/h4-11,13H,12H2,1-3H3,(H,24,27). The summed E-state index contributed by atoms with van der Waals surface area (Å²) in [6.45, 7) is 5.93. The number of nitrogens with one attached hydrogen (secondary N) is 1. The zero-order valence-electron chi connectivity index (χ0n) is 16.4. The van der Waals surface area contributed by atoms with Crippen LogP contribution in [0, 0.1) is 30.9 Å². The fourth-order valence-electron chi connectivity index (χ4n) is 3.14. The summed E-state index contributed by atoms with van der Waals surface area (Å²) in [5.74, 6) is 0.393. The third-order valence-electron chi connectivity index (χ3n) is 4.53. The van der Waals surface area contributed by atoms with Crippen LogP contribution >= 0.6 is 0 Å². The lowest BCUT2D eigenvalue weighted by Gasteiger charge is -2.08. The van der Waals surface area contributed by atoms with Crippen molar-refractivity contribution in [2.75, 3.05) is 0 Å². The Kier molecular flexibility index (Phi) is 5.82. The molecule has 0 aliphatic heterocycles. The van der Waals surface area contributed by atoms with Gasteiger partial charge in [0.2, 0.25) is 5.91 Å². The number of nitro groups is 1. The molecule has 1 aromatic carbocycles. The first-order valence-corrected chi connectivity index (χ1v) is 9.03. The molecule has 0 atom stereocenters. The third kappa shape index (κ3) is 4.55. The largest absolute Gasteiger partial charge is 0.303 e. The second-order valence-electron chi connectivity index (χ2n) is 6.71. The molecule has 8 nitrogen and oxygen atoms in total. The van der Waals surface area contributed by atoms with E-state index in [4.69, 9.17) is 0 Å². The molecule has 29 heavy (non-hydrogen) atoms. The van der Waals surface area contributed by atoms with E-state index < -0.39 is 10.8 Å². The molecule has 1 amide bonds. The number of pyridine rings is 1. The van der Waals surface area contributed by atoms with Crippen LogP contribution in [0.3, 0.4) is 0 Å². The molecule has 0 radical (unpaired) electrons. The van der Waals surface area contributed by atoms with E-state index >= 15 is 0 Å². The third-order valence-corrected chi connectivity index (χ3v) is 4.53. The number of hydrogen-bond acceptors (Lipinski definition) is 5. The number of benzene rings is 1. The van der Waals surface area contributed by atoms with Gasteiger partial charge in [0.15, 0.2) is 0 Å². The number of aryl methyl sites for hydroxylation is 2. The minimum Gasteiger partial charge on any atom is -0.303 e. The van der Waals surface area contributed by atoms with E-state index in [9.17, 15) is 14.9 Å². The summed E-state index contributed by atoms with van der Waals surface area (Å²) in [7, 11) is 0. The second-order valence-corrected chi connectivity index (χ2v) is 6.71. The number of rotatable bonds is 6. The molecule has 2 aromatic heterocycles. The SMILES string of the molecule is Cc1ccnc(-n2c(C)cc(C=NNC(=O)Cc3ccccc3[N+](=O)[O-])c2C)c1. The summed E-state index contributed by atoms with van der Waals surface area (Å²) >= 11 is 0. The van der Waals surface area contributed by atoms with E-state index in [0.29, 0.717) is 5.56 Å². The van der Waals surface area contributed by atoms with Gasteiger partial charge in [-0.15, -0.1) is 0 Å². The van der Waals surface area contributed by atoms with Crippen molar-refractivity contribution in [1.82, 2.24) is 15.0 Å². The van der Waals surface area contributed by atoms with Crippen LogP contribution in [0.25, 0.3) is 5.82 Å². The number of amides is 1. The van der Waals surface area contributed by atoms with Crippen molar-refractivity contribution in [3.63, 3.8) is 0 Å². The minimum absolute atomic E-state index is 0.0826. The smallest absolute Gasteiger partial charge is 0.273 e. The highest BCUT2D eigenvalue weighted by Gasteiger charge is 2.15. The van der Waals surface area contributed by atoms with Gasteiger partial charge in [-0.1, -0.05) is 18.2 Å². The Balaban J connectivity index is 1.72. The van der Waals surface area contributed by atoms with Crippen molar-refractivity contribution in [2.24, 2.45) is 5.10 Å². The maximum atomic E-state index is 12.1. The van der Waals surface area contributed by atoms with Crippen LogP contribution in [-0.2, 0) is 11.2 Å². The van der Waals surface area contributed by atoms with Crippen molar-refractivity contribution < 1.29 is 9.72 Å². The molecule has 0 saturated heterocycles. The van der Waals surface area contributed by atoms with Crippen molar-refractivity contribution in [2.45, 2.75) is 27.2 Å². The van der Waals surface area contributed by atoms with E-state index in [2.05, 4.69) is 15.5 Å². The lowest BCUT2D eigenvalue weighted by molar-refractivity contribution is -0.385. The lowest BCUT2D eigenvalue weighted by atomic mass is 10.1. The highest BCUT2D eigenvalue weighted by atomic mass is 16.6. The number of hydrogen-bond donors (Lipinski definition) is 1. The molecule has 1 N–H and O–H groups in total. The average Bonchev–Trinajstić information content (AvgIpc) is 2.95. The van der Waals surface area contributed by atoms with E-state index in [1.165, 1.54) is 6.07 Å². The van der Waals surface area contributed by atoms with Gasteiger partial charge in [-0.25, -0.2) is 10.4 Å². The molecule has 0 aliphatic rings. The predicted octanol–water partition coefficient (Wildman–Crippen LogP) is 3.40. The van der Waals surface area contributed by atoms with E-state index in [-0.39, 0.29) is 12.1 Å². The summed E-state index contributed by atoms with van der Waals surface area (Å²) < 4.78 is 2.02. The molecule has 3 aromatic rings. The maximum Gasteiger partial charge on any atom is 0.273 e. The van der Waals surface area contributed by atoms with Gasteiger partial charge in [0.1, 0.15) is 5.82 Å². The molecule has 0 fully saturated rings. The zero-order valence-corrected chi connectivity index (χ0v) is 16.4. The highest BCUT2D eigenvalue weighted by molar-refractivity contribution is 5.85. The van der Waals surface area contributed by atoms with Crippen LogP contribution in [0.1, 0.15) is 28.1 Å². The lowest BCUT2D eigenvalue weighted by Crippen LogP contribution is -2.20. The molecule has 0 spiro atoms. The summed E-state index contributed by atoms with van der Waals surface area (Å²) in [6, 6.07) is 12.0. The van der Waals surface area contributed by atoms with Gasteiger partial charge in [0.05, 0.1) is 17.6 Å². The van der Waals surface area contributed by atoms with E-state index in [1.807, 2.05) is 43.5 Å². The van der Waals surface area contributed by atoms with E-state index in [0.717, 1.165) is 28.3 Å². The molecule has 0 aliphatic carbocycles. The fourth-order valence-corrected chi connectivity index (χ4v) is 3.14. The summed E-state index contributed by atoms with van der Waals surface area (Å²) in [4.78, 5) is 27.1. The number of carbonyl (C=O) groups is 1. The van der Waals surface area contributed by atoms with Crippen LogP contribution in [0.5, 0.6) is 0 Å². The Bertz CT molecular complexity index is 1100. The first-order chi connectivity index (χ1) is 13.9. The van der Waals surface area contributed by atoms with Crippen LogP contribution in [-0.4, -0.2) is 26.6 Å². The predicted molar refractivity (Wildman–Crippen MR) is 110 cm³/mol. The Morgan fingerprint density at radius 1 is 1.24 bits per heavy atom. The van der Waals surface area contributed by atoms with Crippen LogP contribution < -0.4 is 5.43 Å². The molecule has 148 valence electrons. The summed E-state index contributed by atoms with van der Waals surface area (Å²) in [5, 5.41) is 15.1. The number of para-hydroxylation sites is 1. The number of carbonyl (C=O) groups excluding carboxylic acids is 1. The van der Waals surface area contributed by atoms with Crippen molar-refractivity contribution >= 4 is 17.8 Å². The topological polar surface area (TPSA) is 102 Å². The Hall–Kier alpha value is -3.81. The summed E-state index contributed by atoms with van der Waals surface area (Å²) in [6.07, 6.45) is 3.20. The van der Waals surface area contributed by atoms with Gasteiger partial charge in [-0.3, -0.25) is 14.9 Å². The zero-order chi connectivity index (χ0) is 21.0. The average molecular weight is 391 g/mol. The molecule has 3 rings (SSSR count). The van der Waals surface area contributed by atoms with Gasteiger partial charge in [0, 0.05) is 34.8 Å². The van der Waals surface area contributed by atoms with Gasteiger partial charge < -0.3 is 4.57 Å². The number of aromatic nitrogens is 2. The maximum absolute atomic E-state index is 12.1. The Morgan fingerprint density at radius 2 is 2.00 bits per heavy atom. The van der Waals surface area contributed by atoms with Gasteiger partial charge >= 0.3 is 0 Å². The van der Waals surface area contributed by atoms with Gasteiger partial charge in [-0.2, -0.15) is 5.10 Å². The van der Waals surface area contributed by atoms with Crippen molar-refractivity contribution in [1.29, 1.82) is 0 Å². The number of hydrazone groups is 1. The normalized spacial score (nSPS) is 11.0. The molecular weight excluding hydrogens is 370 g/mol. The number of nitrogens with zero attached hydrogens (tertiary/aromatic N) is 4. The quantitative estimate of drug-likeness (QED) is 0.395. The van der Waals surface area contributed by atoms with Gasteiger partial charge in [0.25, 0.3) is 5.69 Å². The summed E-state index contributed by atoms with van der Waals surface area (Å²) in [5.41, 5.74) is 6.58. The Labute approximate surface area is 168 Å². The fraction of sp³-hybridized carbons (Fsp3) is 0.190. The molecule has 0 saturated carbocycles. The Morgan fingerprint density at radius 3 is 2.72 bits per heavy atom. The molecule has 0 unspecified atom stereocenters. The first kappa shape index (κ1) is 19.9. The van der Waals surface area contributed by atoms with Crippen LogP contribution in [0.15, 0.2) is 53.8 Å². The monoisotopic (exact) mass is 391 g/mol. The second kappa shape index (κ2) is 8.47. The highest BCUT2D eigenvalue weighted by Crippen LogP contribution is 2.19. The van der Waals surface area contributed by atoms with Crippen LogP contribution in [0.2, 0.25) is 0 Å². The molecule has 2 heterocycles. The van der Waals surface area contributed by atoms with E-state index in [1.54, 1.807) is 30.6 Å². The van der Waals surface area contributed by atoms with Crippen molar-refractivity contribution in [3.8, 4) is 5.82 Å². The minimum atomic E-state index is -0.500. The molecule has 0 bridgehead atoms. The van der Waals surface area contributed by atoms with Crippen LogP contribution in [0.4, 0.5) is 5.69 Å². The molecular formula is C21H21N5O3.